The number of rotatable bonds is 8. The summed E-state index contributed by atoms with van der Waals surface area (Å²) >= 11 is 0. The quantitative estimate of drug-likeness (QED) is 0.407. The number of nitrogens with one attached hydrogen (secondary N) is 3. The van der Waals surface area contributed by atoms with E-state index in [4.69, 9.17) is 9.72 Å². The van der Waals surface area contributed by atoms with Crippen molar-refractivity contribution in [1.82, 2.24) is 15.0 Å². The number of pyridine rings is 1. The molecule has 4 heterocycles. The van der Waals surface area contributed by atoms with Crippen molar-refractivity contribution in [3.05, 3.63) is 54.9 Å². The lowest BCUT2D eigenvalue weighted by molar-refractivity contribution is 0.0902. The summed E-state index contributed by atoms with van der Waals surface area (Å²) in [6.07, 6.45) is 6.50. The predicted octanol–water partition coefficient (Wildman–Crippen LogP) is 3.01. The van der Waals surface area contributed by atoms with Crippen LogP contribution in [0.2, 0.25) is 0 Å². The van der Waals surface area contributed by atoms with Crippen LogP contribution in [0.3, 0.4) is 0 Å². The van der Waals surface area contributed by atoms with Gasteiger partial charge in [0, 0.05) is 36.3 Å². The van der Waals surface area contributed by atoms with Crippen LogP contribution in [-0.2, 0) is 14.6 Å². The molecule has 2 unspecified atom stereocenters. The molecule has 2 aromatic heterocycles. The number of hydrogen-bond acceptors (Lipinski definition) is 9. The molecule has 2 fully saturated rings. The lowest BCUT2D eigenvalue weighted by Gasteiger charge is -2.35. The second kappa shape index (κ2) is 10.7. The van der Waals surface area contributed by atoms with E-state index < -0.39 is 9.84 Å². The highest BCUT2D eigenvalue weighted by Gasteiger charge is 2.38. The fourth-order valence-corrected chi connectivity index (χ4v) is 5.06. The Morgan fingerprint density at radius 1 is 1.05 bits per heavy atom. The first-order valence-electron chi connectivity index (χ1n) is 12.1. The third-order valence-electron chi connectivity index (χ3n) is 6.32. The highest BCUT2D eigenvalue weighted by molar-refractivity contribution is 7.90. The van der Waals surface area contributed by atoms with Gasteiger partial charge in [-0.1, -0.05) is 0 Å². The van der Waals surface area contributed by atoms with E-state index in [1.54, 1.807) is 36.7 Å². The van der Waals surface area contributed by atoms with E-state index in [0.29, 0.717) is 36.2 Å². The average Bonchev–Trinajstić information content (AvgIpc) is 3.12. The van der Waals surface area contributed by atoms with E-state index in [-0.39, 0.29) is 30.4 Å². The SMILES string of the molecule is CS(=O)(=O)CCNc1cc(N2C3CCC2COC3)nc(-c2ccc(NC(=O)Nc3cccnc3)cc2)n1. The van der Waals surface area contributed by atoms with Gasteiger partial charge in [0.05, 0.1) is 42.9 Å². The summed E-state index contributed by atoms with van der Waals surface area (Å²) in [5.74, 6) is 1.87. The number of fused-ring (bicyclic) bond motifs is 2. The summed E-state index contributed by atoms with van der Waals surface area (Å²) < 4.78 is 28.9. The predicted molar refractivity (Wildman–Crippen MR) is 143 cm³/mol. The molecule has 0 aliphatic carbocycles. The zero-order valence-electron chi connectivity index (χ0n) is 20.4. The molecular weight excluding hydrogens is 494 g/mol. The number of aromatic nitrogens is 3. The van der Waals surface area contributed by atoms with Gasteiger partial charge in [-0.25, -0.2) is 23.2 Å². The van der Waals surface area contributed by atoms with Crippen molar-refractivity contribution in [2.45, 2.75) is 24.9 Å². The van der Waals surface area contributed by atoms with Crippen LogP contribution in [-0.4, -0.2) is 73.3 Å². The molecule has 2 amide bonds. The van der Waals surface area contributed by atoms with Gasteiger partial charge in [0.15, 0.2) is 5.82 Å². The first kappa shape index (κ1) is 24.9. The Labute approximate surface area is 215 Å². The maximum absolute atomic E-state index is 12.3. The van der Waals surface area contributed by atoms with Crippen molar-refractivity contribution in [3.8, 4) is 11.4 Å². The lowest BCUT2D eigenvalue weighted by atomic mass is 10.2. The molecule has 3 N–H and O–H groups in total. The number of benzene rings is 1. The summed E-state index contributed by atoms with van der Waals surface area (Å²) in [5, 5.41) is 8.67. The molecule has 37 heavy (non-hydrogen) atoms. The fraction of sp³-hybridized carbons (Fsp3) is 0.360. The van der Waals surface area contributed by atoms with Gasteiger partial charge in [0.1, 0.15) is 21.5 Å². The minimum Gasteiger partial charge on any atom is -0.377 e. The number of morpholine rings is 1. The summed E-state index contributed by atoms with van der Waals surface area (Å²) in [4.78, 5) is 28.1. The normalized spacial score (nSPS) is 18.9. The highest BCUT2D eigenvalue weighted by Crippen LogP contribution is 2.34. The molecule has 11 nitrogen and oxygen atoms in total. The second-order valence-corrected chi connectivity index (χ2v) is 11.5. The van der Waals surface area contributed by atoms with Crippen LogP contribution in [0.5, 0.6) is 0 Å². The summed E-state index contributed by atoms with van der Waals surface area (Å²) in [6.45, 7) is 1.57. The smallest absolute Gasteiger partial charge is 0.323 e. The van der Waals surface area contributed by atoms with Gasteiger partial charge >= 0.3 is 6.03 Å². The van der Waals surface area contributed by atoms with Crippen LogP contribution in [0.4, 0.5) is 27.8 Å². The van der Waals surface area contributed by atoms with Crippen molar-refractivity contribution < 1.29 is 17.9 Å². The largest absolute Gasteiger partial charge is 0.377 e. The third-order valence-corrected chi connectivity index (χ3v) is 7.26. The number of nitrogens with zero attached hydrogens (tertiary/aromatic N) is 4. The van der Waals surface area contributed by atoms with Crippen molar-refractivity contribution in [3.63, 3.8) is 0 Å². The van der Waals surface area contributed by atoms with Crippen LogP contribution in [0.25, 0.3) is 11.4 Å². The molecule has 2 bridgehead atoms. The number of carbonyl (C=O) groups excluding carboxylic acids is 1. The molecule has 2 saturated heterocycles. The van der Waals surface area contributed by atoms with Gasteiger partial charge in [-0.15, -0.1) is 0 Å². The number of anilines is 4. The van der Waals surface area contributed by atoms with Crippen molar-refractivity contribution in [2.75, 3.05) is 52.6 Å². The van der Waals surface area contributed by atoms with Gasteiger partial charge in [-0.2, -0.15) is 0 Å². The van der Waals surface area contributed by atoms with E-state index in [9.17, 15) is 13.2 Å². The molecular formula is C25H29N7O4S. The Balaban J connectivity index is 1.36. The topological polar surface area (TPSA) is 138 Å². The maximum Gasteiger partial charge on any atom is 0.323 e. The Kier molecular flexibility index (Phi) is 7.19. The number of carbonyl (C=O) groups is 1. The van der Waals surface area contributed by atoms with Crippen molar-refractivity contribution >= 4 is 38.9 Å². The molecule has 1 aromatic carbocycles. The standard InChI is InChI=1S/C25H29N7O4S/c1-37(34,35)12-11-27-22-13-23(32-20-8-9-21(32)16-36-15-20)31-24(30-22)17-4-6-18(7-5-17)28-25(33)29-19-3-2-10-26-14-19/h2-7,10,13-14,20-21H,8-9,11-12,15-16H2,1H3,(H,27,30,31)(H2,28,29,33). The van der Waals surface area contributed by atoms with Crippen LogP contribution in [0.15, 0.2) is 54.9 Å². The molecule has 2 atom stereocenters. The number of ether oxygens (including phenoxy) is 1. The van der Waals surface area contributed by atoms with E-state index in [1.165, 1.54) is 6.26 Å². The second-order valence-electron chi connectivity index (χ2n) is 9.22. The van der Waals surface area contributed by atoms with Crippen LogP contribution in [0, 0.1) is 0 Å². The minimum absolute atomic E-state index is 0.00590. The Hall–Kier alpha value is -3.77. The molecule has 0 saturated carbocycles. The van der Waals surface area contributed by atoms with Gasteiger partial charge in [0.25, 0.3) is 0 Å². The van der Waals surface area contributed by atoms with Crippen LogP contribution in [0.1, 0.15) is 12.8 Å². The van der Waals surface area contributed by atoms with Crippen LogP contribution < -0.4 is 20.9 Å². The summed E-state index contributed by atoms with van der Waals surface area (Å²) in [6, 6.07) is 12.8. The number of hydrogen-bond donors (Lipinski definition) is 3. The van der Waals surface area contributed by atoms with Gasteiger partial charge in [-0.3, -0.25) is 4.98 Å². The zero-order chi connectivity index (χ0) is 25.8. The molecule has 0 spiro atoms. The number of sulfone groups is 1. The summed E-state index contributed by atoms with van der Waals surface area (Å²) in [7, 11) is -3.11. The molecule has 2 aliphatic heterocycles. The Morgan fingerprint density at radius 3 is 2.46 bits per heavy atom. The van der Waals surface area contributed by atoms with E-state index >= 15 is 0 Å². The maximum atomic E-state index is 12.3. The monoisotopic (exact) mass is 523 g/mol. The number of urea groups is 1. The molecule has 3 aromatic rings. The van der Waals surface area contributed by atoms with E-state index in [0.717, 1.165) is 24.2 Å². The minimum atomic E-state index is -3.11. The Bertz CT molecular complexity index is 1340. The molecule has 194 valence electrons. The molecule has 12 heteroatoms. The molecule has 5 rings (SSSR count). The zero-order valence-corrected chi connectivity index (χ0v) is 21.2. The molecule has 2 aliphatic rings. The first-order chi connectivity index (χ1) is 17.8. The van der Waals surface area contributed by atoms with Gasteiger partial charge in [0.2, 0.25) is 0 Å². The average molecular weight is 524 g/mol. The van der Waals surface area contributed by atoms with Gasteiger partial charge < -0.3 is 25.6 Å². The van der Waals surface area contributed by atoms with Crippen molar-refractivity contribution in [2.24, 2.45) is 0 Å². The highest BCUT2D eigenvalue weighted by atomic mass is 32.2. The van der Waals surface area contributed by atoms with Crippen molar-refractivity contribution in [1.29, 1.82) is 0 Å². The van der Waals surface area contributed by atoms with E-state index in [2.05, 4.69) is 30.8 Å². The Morgan fingerprint density at radius 2 is 1.78 bits per heavy atom. The fourth-order valence-electron chi connectivity index (χ4n) is 4.59. The molecule has 0 radical (unpaired) electrons. The summed E-state index contributed by atoms with van der Waals surface area (Å²) in [5.41, 5.74) is 1.97. The van der Waals surface area contributed by atoms with Crippen LogP contribution >= 0.6 is 0 Å². The van der Waals surface area contributed by atoms with Gasteiger partial charge in [-0.05, 0) is 49.2 Å². The van der Waals surface area contributed by atoms with E-state index in [1.807, 2.05) is 18.2 Å². The first-order valence-corrected chi connectivity index (χ1v) is 14.2. The third kappa shape index (κ3) is 6.33. The lowest BCUT2D eigenvalue weighted by Crippen LogP contribution is -2.46. The number of amides is 2.